The molecule has 26 heavy (non-hydrogen) atoms. The third kappa shape index (κ3) is 4.38. The summed E-state index contributed by atoms with van der Waals surface area (Å²) in [5, 5.41) is 25.3. The Labute approximate surface area is 158 Å². The topological polar surface area (TPSA) is 94.8 Å². The van der Waals surface area contributed by atoms with Crippen molar-refractivity contribution in [3.8, 4) is 22.8 Å². The van der Waals surface area contributed by atoms with Crippen LogP contribution in [-0.4, -0.2) is 27.3 Å². The minimum Gasteiger partial charge on any atom is -0.504 e. The molecule has 6 nitrogen and oxygen atoms in total. The van der Waals surface area contributed by atoms with E-state index in [-0.39, 0.29) is 23.1 Å². The number of hydrogen-bond acceptors (Lipinski definition) is 6. The van der Waals surface area contributed by atoms with Gasteiger partial charge in [0, 0.05) is 10.9 Å². The van der Waals surface area contributed by atoms with E-state index in [9.17, 15) is 15.0 Å². The summed E-state index contributed by atoms with van der Waals surface area (Å²) in [7, 11) is 0. The lowest BCUT2D eigenvalue weighted by molar-refractivity contribution is -0.120. The second-order valence-corrected chi connectivity index (χ2v) is 6.68. The summed E-state index contributed by atoms with van der Waals surface area (Å²) in [5.74, 6) is -1.07. The molecular weight excluding hydrogens is 374 g/mol. The number of nitrogens with one attached hydrogen (secondary N) is 1. The van der Waals surface area contributed by atoms with Crippen LogP contribution in [0.5, 0.6) is 11.5 Å². The van der Waals surface area contributed by atoms with Gasteiger partial charge in [0.1, 0.15) is 5.01 Å². The van der Waals surface area contributed by atoms with Crippen molar-refractivity contribution in [1.82, 2.24) is 10.4 Å². The molecule has 132 valence electrons. The lowest BCUT2D eigenvalue weighted by Crippen LogP contribution is -2.19. The van der Waals surface area contributed by atoms with Crippen LogP contribution in [0.4, 0.5) is 0 Å². The van der Waals surface area contributed by atoms with Gasteiger partial charge in [0.25, 0.3) is 0 Å². The summed E-state index contributed by atoms with van der Waals surface area (Å²) in [5.41, 5.74) is 4.66. The van der Waals surface area contributed by atoms with E-state index in [2.05, 4.69) is 15.5 Å². The molecule has 0 aliphatic carbocycles. The Kier molecular flexibility index (Phi) is 5.50. The Morgan fingerprint density at radius 2 is 2.04 bits per heavy atom. The van der Waals surface area contributed by atoms with Crippen LogP contribution in [0.25, 0.3) is 11.3 Å². The van der Waals surface area contributed by atoms with Crippen molar-refractivity contribution in [2.24, 2.45) is 5.10 Å². The highest BCUT2D eigenvalue weighted by molar-refractivity contribution is 7.10. The van der Waals surface area contributed by atoms with Crippen molar-refractivity contribution in [3.63, 3.8) is 0 Å². The average molecular weight is 388 g/mol. The Morgan fingerprint density at radius 3 is 2.77 bits per heavy atom. The smallest absolute Gasteiger partial charge is 0.246 e. The van der Waals surface area contributed by atoms with Crippen LogP contribution in [0, 0.1) is 0 Å². The first kappa shape index (κ1) is 17.9. The van der Waals surface area contributed by atoms with Gasteiger partial charge in [-0.25, -0.2) is 10.4 Å². The van der Waals surface area contributed by atoms with Crippen molar-refractivity contribution >= 4 is 35.1 Å². The van der Waals surface area contributed by atoms with Crippen LogP contribution in [-0.2, 0) is 11.2 Å². The zero-order valence-corrected chi connectivity index (χ0v) is 15.0. The summed E-state index contributed by atoms with van der Waals surface area (Å²) < 4.78 is 0. The van der Waals surface area contributed by atoms with Crippen LogP contribution >= 0.6 is 22.9 Å². The van der Waals surface area contributed by atoms with E-state index in [1.54, 1.807) is 0 Å². The van der Waals surface area contributed by atoms with Gasteiger partial charge < -0.3 is 10.2 Å². The lowest BCUT2D eigenvalue weighted by Gasteiger charge is -2.02. The zero-order chi connectivity index (χ0) is 18.5. The lowest BCUT2D eigenvalue weighted by atomic mass is 10.2. The van der Waals surface area contributed by atoms with Gasteiger partial charge in [0.05, 0.1) is 23.4 Å². The van der Waals surface area contributed by atoms with Crippen LogP contribution in [0.15, 0.2) is 52.9 Å². The minimum atomic E-state index is -0.397. The van der Waals surface area contributed by atoms with Crippen molar-refractivity contribution < 1.29 is 15.0 Å². The van der Waals surface area contributed by atoms with Crippen molar-refractivity contribution in [2.75, 3.05) is 0 Å². The molecule has 0 aliphatic rings. The number of phenols is 2. The van der Waals surface area contributed by atoms with E-state index in [1.807, 2.05) is 35.7 Å². The SMILES string of the molecule is O=C(Cc1nc(-c2ccccc2)cs1)N/N=C/c1cc(O)c(O)c(Cl)c1. The van der Waals surface area contributed by atoms with Gasteiger partial charge in [0.2, 0.25) is 5.91 Å². The fourth-order valence-electron chi connectivity index (χ4n) is 2.17. The molecule has 0 atom stereocenters. The number of hydrogen-bond donors (Lipinski definition) is 3. The quantitative estimate of drug-likeness (QED) is 0.354. The highest BCUT2D eigenvalue weighted by Crippen LogP contribution is 2.33. The number of aromatic nitrogens is 1. The number of carbonyl (C=O) groups is 1. The molecule has 3 rings (SSSR count). The number of halogens is 1. The number of thiazole rings is 1. The monoisotopic (exact) mass is 387 g/mol. The third-order valence-electron chi connectivity index (χ3n) is 3.40. The third-order valence-corrected chi connectivity index (χ3v) is 4.54. The highest BCUT2D eigenvalue weighted by atomic mass is 35.5. The number of benzene rings is 2. The zero-order valence-electron chi connectivity index (χ0n) is 13.4. The molecule has 1 aromatic heterocycles. The number of carbonyl (C=O) groups excluding carboxylic acids is 1. The Balaban J connectivity index is 1.59. The largest absolute Gasteiger partial charge is 0.504 e. The van der Waals surface area contributed by atoms with Crippen LogP contribution in [0.1, 0.15) is 10.6 Å². The average Bonchev–Trinajstić information content (AvgIpc) is 3.09. The number of nitrogens with zero attached hydrogens (tertiary/aromatic N) is 2. The predicted molar refractivity (Wildman–Crippen MR) is 102 cm³/mol. The maximum absolute atomic E-state index is 12.0. The number of phenolic OH excluding ortho intramolecular Hbond substituents is 2. The molecule has 3 aromatic rings. The van der Waals surface area contributed by atoms with Crippen molar-refractivity contribution in [2.45, 2.75) is 6.42 Å². The van der Waals surface area contributed by atoms with Gasteiger partial charge in [-0.05, 0) is 17.7 Å². The fraction of sp³-hybridized carbons (Fsp3) is 0.0556. The van der Waals surface area contributed by atoms with Crippen LogP contribution < -0.4 is 5.43 Å². The normalized spacial score (nSPS) is 11.0. The molecule has 0 spiro atoms. The van der Waals surface area contributed by atoms with E-state index < -0.39 is 5.75 Å². The molecule has 0 bridgehead atoms. The molecule has 1 heterocycles. The number of amides is 1. The Hall–Kier alpha value is -2.90. The molecule has 0 saturated heterocycles. The van der Waals surface area contributed by atoms with Gasteiger partial charge in [-0.15, -0.1) is 11.3 Å². The molecule has 0 fully saturated rings. The second kappa shape index (κ2) is 7.99. The summed E-state index contributed by atoms with van der Waals surface area (Å²) >= 11 is 7.16. The van der Waals surface area contributed by atoms with E-state index in [0.717, 1.165) is 11.3 Å². The molecule has 0 radical (unpaired) electrons. The standard InChI is InChI=1S/C18H14ClN3O3S/c19-13-6-11(7-15(23)18(13)25)9-20-22-16(24)8-17-21-14(10-26-17)12-4-2-1-3-5-12/h1-7,9-10,23,25H,8H2,(H,22,24)/b20-9+. The molecule has 0 saturated carbocycles. The molecular formula is C18H14ClN3O3S. The summed E-state index contributed by atoms with van der Waals surface area (Å²) in [6.07, 6.45) is 1.43. The molecule has 3 N–H and O–H groups in total. The Bertz CT molecular complexity index is 934. The van der Waals surface area contributed by atoms with Gasteiger partial charge >= 0.3 is 0 Å². The first-order valence-corrected chi connectivity index (χ1v) is 8.82. The van der Waals surface area contributed by atoms with Crippen molar-refractivity contribution in [3.05, 3.63) is 63.4 Å². The Morgan fingerprint density at radius 1 is 1.27 bits per heavy atom. The molecule has 8 heteroatoms. The first-order valence-electron chi connectivity index (χ1n) is 7.56. The number of hydrazone groups is 1. The fourth-order valence-corrected chi connectivity index (χ4v) is 3.19. The highest BCUT2D eigenvalue weighted by Gasteiger charge is 2.09. The first-order chi connectivity index (χ1) is 12.5. The van der Waals surface area contributed by atoms with E-state index in [4.69, 9.17) is 11.6 Å². The van der Waals surface area contributed by atoms with E-state index >= 15 is 0 Å². The summed E-state index contributed by atoms with van der Waals surface area (Å²) in [6.45, 7) is 0. The van der Waals surface area contributed by atoms with Gasteiger partial charge in [0.15, 0.2) is 11.5 Å². The number of rotatable bonds is 5. The maximum atomic E-state index is 12.0. The number of aromatic hydroxyl groups is 2. The molecule has 1 amide bonds. The van der Waals surface area contributed by atoms with Crippen LogP contribution in [0.3, 0.4) is 0 Å². The maximum Gasteiger partial charge on any atom is 0.246 e. The predicted octanol–water partition coefficient (Wildman–Crippen LogP) is 3.57. The minimum absolute atomic E-state index is 0.00555. The summed E-state index contributed by atoms with van der Waals surface area (Å²) in [6, 6.07) is 12.4. The van der Waals surface area contributed by atoms with Crippen molar-refractivity contribution in [1.29, 1.82) is 0 Å². The van der Waals surface area contributed by atoms with E-state index in [0.29, 0.717) is 10.6 Å². The second-order valence-electron chi connectivity index (χ2n) is 5.33. The van der Waals surface area contributed by atoms with Gasteiger partial charge in [-0.3, -0.25) is 4.79 Å². The van der Waals surface area contributed by atoms with E-state index in [1.165, 1.54) is 29.7 Å². The molecule has 0 unspecified atom stereocenters. The summed E-state index contributed by atoms with van der Waals surface area (Å²) in [4.78, 5) is 16.4. The molecule has 0 aliphatic heterocycles. The molecule has 2 aromatic carbocycles. The van der Waals surface area contributed by atoms with Gasteiger partial charge in [-0.2, -0.15) is 5.10 Å². The van der Waals surface area contributed by atoms with Crippen LogP contribution in [0.2, 0.25) is 5.02 Å². The van der Waals surface area contributed by atoms with Gasteiger partial charge in [-0.1, -0.05) is 41.9 Å².